The molecule has 230 valence electrons. The van der Waals surface area contributed by atoms with E-state index in [1.54, 1.807) is 7.11 Å². The fraction of sp³-hybridized carbons (Fsp3) is 0.727. The lowest BCUT2D eigenvalue weighted by molar-refractivity contribution is -0.298. The highest BCUT2D eigenvalue weighted by Gasteiger charge is 2.82. The van der Waals surface area contributed by atoms with Crippen LogP contribution in [0, 0.1) is 17.3 Å². The number of ether oxygens (including phenoxy) is 4. The molecule has 7 aliphatic rings. The number of fused-ring (bicyclic) bond motifs is 2. The van der Waals surface area contributed by atoms with Crippen LogP contribution in [-0.4, -0.2) is 89.2 Å². The molecule has 1 aromatic carbocycles. The molecule has 1 unspecified atom stereocenters. The Labute approximate surface area is 247 Å². The van der Waals surface area contributed by atoms with Gasteiger partial charge in [0.15, 0.2) is 11.5 Å². The van der Waals surface area contributed by atoms with Gasteiger partial charge in [-0.05, 0) is 88.5 Å². The maximum Gasteiger partial charge on any atom is 0.513 e. The van der Waals surface area contributed by atoms with Crippen LogP contribution in [0.3, 0.4) is 0 Å². The first-order chi connectivity index (χ1) is 20.0. The average molecular weight is 584 g/mol. The minimum atomic E-state index is -1.14. The van der Waals surface area contributed by atoms with Gasteiger partial charge in [-0.25, -0.2) is 4.79 Å². The second-order valence-corrected chi connectivity index (χ2v) is 14.1. The lowest BCUT2D eigenvalue weighted by Gasteiger charge is -2.75. The lowest BCUT2D eigenvalue weighted by atomic mass is 9.33. The second-order valence-electron chi connectivity index (χ2n) is 14.1. The molecule has 2 heterocycles. The Bertz CT molecular complexity index is 1290. The van der Waals surface area contributed by atoms with Gasteiger partial charge >= 0.3 is 6.16 Å². The largest absolute Gasteiger partial charge is 0.513 e. The number of likely N-dealkylation sites (tertiary alicyclic amines) is 1. The first-order valence-electron chi connectivity index (χ1n) is 15.7. The second kappa shape index (κ2) is 9.66. The highest BCUT2D eigenvalue weighted by molar-refractivity contribution is 5.70. The summed E-state index contributed by atoms with van der Waals surface area (Å²) in [7, 11) is 1.75. The molecule has 0 aromatic heterocycles. The molecule has 1 aromatic rings. The minimum absolute atomic E-state index is 0.0691. The maximum absolute atomic E-state index is 12.7. The first kappa shape index (κ1) is 28.6. The van der Waals surface area contributed by atoms with Crippen molar-refractivity contribution in [3.63, 3.8) is 0 Å². The molecule has 0 radical (unpaired) electrons. The summed E-state index contributed by atoms with van der Waals surface area (Å²) in [5.74, 6) is 1.50. The Kier molecular flexibility index (Phi) is 6.58. The van der Waals surface area contributed by atoms with Gasteiger partial charge in [-0.3, -0.25) is 4.90 Å². The summed E-state index contributed by atoms with van der Waals surface area (Å²) in [6, 6.07) is 4.24. The topological polar surface area (TPSA) is 118 Å². The van der Waals surface area contributed by atoms with Gasteiger partial charge < -0.3 is 34.3 Å². The first-order valence-corrected chi connectivity index (χ1v) is 15.7. The molecule has 8 atom stereocenters. The number of hydrogen-bond donors (Lipinski definition) is 3. The van der Waals surface area contributed by atoms with Gasteiger partial charge in [0.25, 0.3) is 0 Å². The molecule has 2 spiro atoms. The monoisotopic (exact) mass is 583 g/mol. The molecule has 1 saturated heterocycles. The van der Waals surface area contributed by atoms with E-state index in [-0.39, 0.29) is 35.9 Å². The molecule has 4 saturated carbocycles. The summed E-state index contributed by atoms with van der Waals surface area (Å²) in [6.45, 7) is 9.64. The van der Waals surface area contributed by atoms with Crippen LogP contribution in [0.25, 0.3) is 0 Å². The predicted molar refractivity (Wildman–Crippen MR) is 154 cm³/mol. The summed E-state index contributed by atoms with van der Waals surface area (Å²) in [5, 5.41) is 30.7. The number of nitrogens with zero attached hydrogens (tertiary/aromatic N) is 1. The van der Waals surface area contributed by atoms with E-state index in [4.69, 9.17) is 24.1 Å². The van der Waals surface area contributed by atoms with Gasteiger partial charge in [0.1, 0.15) is 11.7 Å². The van der Waals surface area contributed by atoms with Crippen molar-refractivity contribution < 1.29 is 39.1 Å². The van der Waals surface area contributed by atoms with Crippen LogP contribution in [0.5, 0.6) is 11.5 Å². The average Bonchev–Trinajstić information content (AvgIpc) is 3.71. The van der Waals surface area contributed by atoms with Gasteiger partial charge in [-0.2, -0.15) is 0 Å². The number of aliphatic hydroxyl groups excluding tert-OH is 2. The lowest BCUT2D eigenvalue weighted by Crippen LogP contribution is -2.82. The molecular weight excluding hydrogens is 538 g/mol. The number of carbonyl (C=O) groups is 1. The summed E-state index contributed by atoms with van der Waals surface area (Å²) in [6.07, 6.45) is 5.01. The molecule has 8 rings (SSSR count). The van der Waals surface area contributed by atoms with Crippen LogP contribution < -0.4 is 9.47 Å². The van der Waals surface area contributed by atoms with Crippen molar-refractivity contribution in [3.05, 3.63) is 35.4 Å². The van der Waals surface area contributed by atoms with Gasteiger partial charge in [-0.15, -0.1) is 0 Å². The summed E-state index contributed by atoms with van der Waals surface area (Å²) in [5.41, 5.74) is 0.827. The van der Waals surface area contributed by atoms with Gasteiger partial charge in [-0.1, -0.05) is 12.6 Å². The minimum Gasteiger partial charge on any atom is -0.482 e. The van der Waals surface area contributed by atoms with E-state index < -0.39 is 30.1 Å². The van der Waals surface area contributed by atoms with Crippen molar-refractivity contribution in [2.45, 2.75) is 100 Å². The third-order valence-corrected chi connectivity index (χ3v) is 12.3. The van der Waals surface area contributed by atoms with Gasteiger partial charge in [0, 0.05) is 48.4 Å². The fourth-order valence-corrected chi connectivity index (χ4v) is 9.91. The molecule has 9 heteroatoms. The Morgan fingerprint density at radius 1 is 1.29 bits per heavy atom. The Balaban J connectivity index is 1.32. The van der Waals surface area contributed by atoms with E-state index in [1.807, 2.05) is 19.9 Å². The van der Waals surface area contributed by atoms with Crippen LogP contribution in [0.4, 0.5) is 4.79 Å². The summed E-state index contributed by atoms with van der Waals surface area (Å²) in [4.78, 5) is 15.5. The molecule has 5 aliphatic carbocycles. The highest BCUT2D eigenvalue weighted by Crippen LogP contribution is 2.77. The van der Waals surface area contributed by atoms with Crippen molar-refractivity contribution in [1.29, 1.82) is 0 Å². The van der Waals surface area contributed by atoms with Crippen LogP contribution >= 0.6 is 0 Å². The van der Waals surface area contributed by atoms with E-state index in [1.165, 1.54) is 18.4 Å². The summed E-state index contributed by atoms with van der Waals surface area (Å²) < 4.78 is 24.6. The van der Waals surface area contributed by atoms with Crippen molar-refractivity contribution in [3.8, 4) is 11.5 Å². The molecule has 9 nitrogen and oxygen atoms in total. The maximum atomic E-state index is 12.7. The van der Waals surface area contributed by atoms with Crippen LogP contribution in [0.1, 0.15) is 69.9 Å². The normalized spacial score (nSPS) is 37.8. The van der Waals surface area contributed by atoms with Crippen LogP contribution in [0.15, 0.2) is 24.3 Å². The number of hydrogen-bond acceptors (Lipinski definition) is 9. The number of rotatable bonds is 10. The zero-order valence-corrected chi connectivity index (χ0v) is 25.1. The Hall–Kier alpha value is -2.17. The number of piperidine rings is 1. The number of carbonyl (C=O) groups excluding carboxylic acids is 1. The standard InChI is InChI=1S/C33H45NO8/c1-19(2)30(3,38)24-16-31-10-11-33(24,39-4)28-32(31)12-13-34(17-20-5-6-20)25(31)15-21-7-8-23(27(42-28)26(21)32)41-29(37)40-14-9-22(36)18-35/h7-8,20,22,24-25,28,35-36,38H,1,5-6,9-18H2,2-4H3/t22?,24-,25-,28-,30-,31-,32+,33+/m1/s1. The SMILES string of the molecule is C=C(C)[C@@](C)(O)[C@H]1C[C@@]23CC[C@@]1(OC)[C@@H]1Oc4c(OC(=O)OCCC(O)CO)ccc5c4[C@@]12CCN(CC1CC1)[C@@H]3C5. The van der Waals surface area contributed by atoms with Crippen molar-refractivity contribution in [1.82, 2.24) is 4.90 Å². The summed E-state index contributed by atoms with van der Waals surface area (Å²) >= 11 is 0. The van der Waals surface area contributed by atoms with Crippen molar-refractivity contribution in [2.75, 3.05) is 33.4 Å². The number of benzene rings is 1. The quantitative estimate of drug-likeness (QED) is 0.216. The van der Waals surface area contributed by atoms with Gasteiger partial charge in [0.2, 0.25) is 0 Å². The van der Waals surface area contributed by atoms with E-state index in [9.17, 15) is 15.0 Å². The van der Waals surface area contributed by atoms with Crippen LogP contribution in [0.2, 0.25) is 0 Å². The van der Waals surface area contributed by atoms with E-state index >= 15 is 0 Å². The number of methoxy groups -OCH3 is 1. The van der Waals surface area contributed by atoms with Gasteiger partial charge in [0.05, 0.1) is 24.9 Å². The Morgan fingerprint density at radius 3 is 2.76 bits per heavy atom. The molecule has 3 N–H and O–H groups in total. The fourth-order valence-electron chi connectivity index (χ4n) is 9.91. The molecule has 4 bridgehead atoms. The van der Waals surface area contributed by atoms with E-state index in [0.29, 0.717) is 17.5 Å². The molecule has 5 fully saturated rings. The Morgan fingerprint density at radius 2 is 2.07 bits per heavy atom. The predicted octanol–water partition coefficient (Wildman–Crippen LogP) is 3.50. The van der Waals surface area contributed by atoms with Crippen molar-refractivity contribution >= 4 is 6.16 Å². The molecule has 0 amide bonds. The van der Waals surface area contributed by atoms with E-state index in [2.05, 4.69) is 17.5 Å². The van der Waals surface area contributed by atoms with E-state index in [0.717, 1.165) is 62.2 Å². The van der Waals surface area contributed by atoms with Crippen molar-refractivity contribution in [2.24, 2.45) is 17.3 Å². The molecular formula is C33H45NO8. The third-order valence-electron chi connectivity index (χ3n) is 12.3. The zero-order chi connectivity index (χ0) is 29.7. The molecule has 2 aliphatic heterocycles. The zero-order valence-electron chi connectivity index (χ0n) is 25.1. The van der Waals surface area contributed by atoms with Crippen LogP contribution in [-0.2, 0) is 21.3 Å². The smallest absolute Gasteiger partial charge is 0.482 e. The number of aliphatic hydroxyl groups is 3. The third kappa shape index (κ3) is 3.70. The molecule has 42 heavy (non-hydrogen) atoms. The highest BCUT2D eigenvalue weighted by atomic mass is 16.7.